The number of benzene rings is 2. The minimum absolute atomic E-state index is 0.0251. The van der Waals surface area contributed by atoms with E-state index >= 15 is 0 Å². The van der Waals surface area contributed by atoms with Crippen molar-refractivity contribution in [1.29, 1.82) is 0 Å². The van der Waals surface area contributed by atoms with Gasteiger partial charge in [0.1, 0.15) is 0 Å². The van der Waals surface area contributed by atoms with Crippen molar-refractivity contribution in [2.24, 2.45) is 0 Å². The van der Waals surface area contributed by atoms with Crippen LogP contribution in [0.15, 0.2) is 65.7 Å². The molecule has 1 atom stereocenters. The molecule has 2 heterocycles. The first-order valence-electron chi connectivity index (χ1n) is 8.93. The zero-order chi connectivity index (χ0) is 19.7. The molecule has 28 heavy (non-hydrogen) atoms. The molecule has 144 valence electrons. The molecule has 0 bridgehead atoms. The molecule has 1 aliphatic rings. The van der Waals surface area contributed by atoms with E-state index < -0.39 is 10.0 Å². The number of carbonyl (C=O) groups excluding carboxylic acids is 1. The highest BCUT2D eigenvalue weighted by atomic mass is 32.2. The molecule has 3 aromatic rings. The number of hydrogen-bond acceptors (Lipinski definition) is 4. The van der Waals surface area contributed by atoms with Gasteiger partial charge >= 0.3 is 0 Å². The van der Waals surface area contributed by atoms with Crippen LogP contribution in [0.5, 0.6) is 0 Å². The maximum absolute atomic E-state index is 12.6. The van der Waals surface area contributed by atoms with Crippen molar-refractivity contribution in [1.82, 2.24) is 15.1 Å². The summed E-state index contributed by atoms with van der Waals surface area (Å²) in [5.74, 6) is 0.118. The standard InChI is InChI=1S/C20H20N4O3S/c1-14-10-11-24(22-14)18-6-4-17(5-7-18)23-28(26,27)19-8-2-15(3-9-19)16-12-20(25)21-13-16/h2-11,16,23H,12-13H2,1H3,(H,21,25). The summed E-state index contributed by atoms with van der Waals surface area (Å²) in [5.41, 5.74) is 3.18. The van der Waals surface area contributed by atoms with Crippen LogP contribution in [-0.2, 0) is 14.8 Å². The first kappa shape index (κ1) is 18.2. The molecule has 2 aromatic carbocycles. The van der Waals surface area contributed by atoms with Crippen molar-refractivity contribution in [2.45, 2.75) is 24.2 Å². The number of carbonyl (C=O) groups is 1. The fourth-order valence-corrected chi connectivity index (χ4v) is 4.27. The number of nitrogens with one attached hydrogen (secondary N) is 2. The van der Waals surface area contributed by atoms with Gasteiger partial charge in [0.2, 0.25) is 5.91 Å². The summed E-state index contributed by atoms with van der Waals surface area (Å²) in [5, 5.41) is 7.12. The predicted octanol–water partition coefficient (Wildman–Crippen LogP) is 2.59. The Labute approximate surface area is 163 Å². The predicted molar refractivity (Wildman–Crippen MR) is 106 cm³/mol. The van der Waals surface area contributed by atoms with Gasteiger partial charge in [0.05, 0.1) is 16.3 Å². The van der Waals surface area contributed by atoms with Crippen molar-refractivity contribution in [3.05, 3.63) is 72.1 Å². The van der Waals surface area contributed by atoms with Crippen LogP contribution >= 0.6 is 0 Å². The topological polar surface area (TPSA) is 93.1 Å². The van der Waals surface area contributed by atoms with Gasteiger partial charge in [0.25, 0.3) is 10.0 Å². The second-order valence-electron chi connectivity index (χ2n) is 6.83. The van der Waals surface area contributed by atoms with E-state index in [4.69, 9.17) is 0 Å². The summed E-state index contributed by atoms with van der Waals surface area (Å²) in [6, 6.07) is 15.6. The number of aromatic nitrogens is 2. The van der Waals surface area contributed by atoms with E-state index in [0.29, 0.717) is 18.7 Å². The van der Waals surface area contributed by atoms with Gasteiger partial charge in [-0.05, 0) is 55.0 Å². The van der Waals surface area contributed by atoms with Gasteiger partial charge < -0.3 is 5.32 Å². The van der Waals surface area contributed by atoms with E-state index in [1.807, 2.05) is 19.2 Å². The van der Waals surface area contributed by atoms with Gasteiger partial charge in [-0.1, -0.05) is 12.1 Å². The maximum atomic E-state index is 12.6. The Morgan fingerprint density at radius 2 is 1.79 bits per heavy atom. The van der Waals surface area contributed by atoms with Crippen LogP contribution in [0.1, 0.15) is 23.6 Å². The Balaban J connectivity index is 1.48. The van der Waals surface area contributed by atoms with Crippen molar-refractivity contribution in [3.63, 3.8) is 0 Å². The third-order valence-electron chi connectivity index (χ3n) is 4.75. The average Bonchev–Trinajstić information content (AvgIpc) is 3.31. The second-order valence-corrected chi connectivity index (χ2v) is 8.51. The number of sulfonamides is 1. The monoisotopic (exact) mass is 396 g/mol. The lowest BCUT2D eigenvalue weighted by atomic mass is 9.99. The molecule has 1 fully saturated rings. The smallest absolute Gasteiger partial charge is 0.261 e. The molecule has 0 spiro atoms. The molecule has 4 rings (SSSR count). The normalized spacial score (nSPS) is 16.8. The number of nitrogens with zero attached hydrogens (tertiary/aromatic N) is 2. The fourth-order valence-electron chi connectivity index (χ4n) is 3.22. The highest BCUT2D eigenvalue weighted by Crippen LogP contribution is 2.25. The average molecular weight is 396 g/mol. The lowest BCUT2D eigenvalue weighted by molar-refractivity contribution is -0.119. The summed E-state index contributed by atoms with van der Waals surface area (Å²) >= 11 is 0. The Bertz CT molecular complexity index is 1100. The Kier molecular flexibility index (Phi) is 4.64. The van der Waals surface area contributed by atoms with Crippen molar-refractivity contribution in [2.75, 3.05) is 11.3 Å². The Hall–Kier alpha value is -3.13. The van der Waals surface area contributed by atoms with Crippen molar-refractivity contribution < 1.29 is 13.2 Å². The van der Waals surface area contributed by atoms with E-state index in [0.717, 1.165) is 16.9 Å². The highest BCUT2D eigenvalue weighted by molar-refractivity contribution is 7.92. The SMILES string of the molecule is Cc1ccn(-c2ccc(NS(=O)(=O)c3ccc(C4CNC(=O)C4)cc3)cc2)n1. The van der Waals surface area contributed by atoms with Gasteiger partial charge in [-0.15, -0.1) is 0 Å². The molecular formula is C20H20N4O3S. The van der Waals surface area contributed by atoms with Crippen LogP contribution in [0.4, 0.5) is 5.69 Å². The summed E-state index contributed by atoms with van der Waals surface area (Å²) < 4.78 is 29.6. The molecule has 0 radical (unpaired) electrons. The highest BCUT2D eigenvalue weighted by Gasteiger charge is 2.23. The molecular weight excluding hydrogens is 376 g/mol. The molecule has 1 aromatic heterocycles. The van der Waals surface area contributed by atoms with Gasteiger partial charge in [-0.25, -0.2) is 13.1 Å². The summed E-state index contributed by atoms with van der Waals surface area (Å²) in [6.45, 7) is 2.50. The van der Waals surface area contributed by atoms with E-state index in [-0.39, 0.29) is 16.7 Å². The number of rotatable bonds is 5. The molecule has 0 aliphatic carbocycles. The minimum Gasteiger partial charge on any atom is -0.355 e. The van der Waals surface area contributed by atoms with Crippen LogP contribution in [0, 0.1) is 6.92 Å². The third kappa shape index (κ3) is 3.77. The molecule has 1 saturated heterocycles. The molecule has 1 amide bonds. The fraction of sp³-hybridized carbons (Fsp3) is 0.200. The molecule has 0 saturated carbocycles. The largest absolute Gasteiger partial charge is 0.355 e. The minimum atomic E-state index is -3.69. The Morgan fingerprint density at radius 1 is 1.07 bits per heavy atom. The summed E-state index contributed by atoms with van der Waals surface area (Å²) in [4.78, 5) is 11.5. The molecule has 1 aliphatic heterocycles. The van der Waals surface area contributed by atoms with Crippen LogP contribution < -0.4 is 10.0 Å². The first-order chi connectivity index (χ1) is 13.4. The number of aryl methyl sites for hydroxylation is 1. The molecule has 1 unspecified atom stereocenters. The first-order valence-corrected chi connectivity index (χ1v) is 10.4. The van der Waals surface area contributed by atoms with Gasteiger partial charge in [-0.3, -0.25) is 9.52 Å². The molecule has 7 nitrogen and oxygen atoms in total. The van der Waals surface area contributed by atoms with Crippen LogP contribution in [0.25, 0.3) is 5.69 Å². The van der Waals surface area contributed by atoms with Gasteiger partial charge in [0.15, 0.2) is 0 Å². The molecule has 2 N–H and O–H groups in total. The van der Waals surface area contributed by atoms with E-state index in [1.54, 1.807) is 53.2 Å². The van der Waals surface area contributed by atoms with Gasteiger partial charge in [0, 0.05) is 30.8 Å². The third-order valence-corrected chi connectivity index (χ3v) is 6.14. The second kappa shape index (κ2) is 7.12. The summed E-state index contributed by atoms with van der Waals surface area (Å²) in [6.07, 6.45) is 2.29. The zero-order valence-corrected chi connectivity index (χ0v) is 16.1. The Morgan fingerprint density at radius 3 is 2.36 bits per heavy atom. The zero-order valence-electron chi connectivity index (χ0n) is 15.3. The molecule has 8 heteroatoms. The van der Waals surface area contributed by atoms with E-state index in [2.05, 4.69) is 15.1 Å². The van der Waals surface area contributed by atoms with E-state index in [9.17, 15) is 13.2 Å². The van der Waals surface area contributed by atoms with Crippen molar-refractivity contribution in [3.8, 4) is 5.69 Å². The van der Waals surface area contributed by atoms with E-state index in [1.165, 1.54) is 0 Å². The van der Waals surface area contributed by atoms with Gasteiger partial charge in [-0.2, -0.15) is 5.10 Å². The number of anilines is 1. The van der Waals surface area contributed by atoms with Crippen LogP contribution in [-0.4, -0.2) is 30.7 Å². The van der Waals surface area contributed by atoms with Crippen LogP contribution in [0.2, 0.25) is 0 Å². The lowest BCUT2D eigenvalue weighted by Gasteiger charge is -2.11. The maximum Gasteiger partial charge on any atom is 0.261 e. The number of amides is 1. The van der Waals surface area contributed by atoms with Crippen LogP contribution in [0.3, 0.4) is 0 Å². The lowest BCUT2D eigenvalue weighted by Crippen LogP contribution is -2.14. The summed E-state index contributed by atoms with van der Waals surface area (Å²) in [7, 11) is -3.69. The number of hydrogen-bond donors (Lipinski definition) is 2. The van der Waals surface area contributed by atoms with Crippen molar-refractivity contribution >= 4 is 21.6 Å². The quantitative estimate of drug-likeness (QED) is 0.693.